The molecular formula is C35H36O11S2. The van der Waals surface area contributed by atoms with Crippen LogP contribution in [0.25, 0.3) is 0 Å². The third kappa shape index (κ3) is 9.52. The second-order valence-corrected chi connectivity index (χ2v) is 14.4. The molecular weight excluding hydrogens is 661 g/mol. The Morgan fingerprint density at radius 2 is 1.00 bits per heavy atom. The highest BCUT2D eigenvalue weighted by Crippen LogP contribution is 2.35. The van der Waals surface area contributed by atoms with E-state index in [0.29, 0.717) is 23.0 Å². The molecule has 4 aromatic carbocycles. The maximum absolute atomic E-state index is 12.6. The molecule has 0 aliphatic heterocycles. The molecule has 4 rings (SSSR count). The highest BCUT2D eigenvalue weighted by molar-refractivity contribution is 7.85. The van der Waals surface area contributed by atoms with Crippen LogP contribution in [0, 0.1) is 0 Å². The minimum absolute atomic E-state index is 0.157. The average molecular weight is 697 g/mol. The fourth-order valence-electron chi connectivity index (χ4n) is 4.81. The molecule has 254 valence electrons. The van der Waals surface area contributed by atoms with Crippen molar-refractivity contribution < 1.29 is 50.5 Å². The summed E-state index contributed by atoms with van der Waals surface area (Å²) in [5.41, 5.74) is 3.01. The largest absolute Gasteiger partial charge is 0.519 e. The Kier molecular flexibility index (Phi) is 11.4. The quantitative estimate of drug-likeness (QED) is 0.0344. The van der Waals surface area contributed by atoms with Crippen molar-refractivity contribution in [2.24, 2.45) is 0 Å². The molecule has 0 saturated carbocycles. The number of ether oxygens (including phenoxy) is 4. The van der Waals surface area contributed by atoms with E-state index in [2.05, 4.69) is 10.9 Å². The lowest BCUT2D eigenvalue weighted by Gasteiger charge is -2.26. The van der Waals surface area contributed by atoms with Crippen molar-refractivity contribution >= 4 is 27.4 Å². The van der Waals surface area contributed by atoms with Crippen molar-refractivity contribution in [1.82, 2.24) is 0 Å². The molecule has 0 fully saturated rings. The molecule has 1 atom stereocenters. The van der Waals surface area contributed by atoms with Crippen molar-refractivity contribution in [2.45, 2.75) is 38.5 Å². The first-order chi connectivity index (χ1) is 22.6. The topological polar surface area (TPSA) is 155 Å². The van der Waals surface area contributed by atoms with Gasteiger partial charge in [0.25, 0.3) is 21.2 Å². The van der Waals surface area contributed by atoms with Gasteiger partial charge in [-0.05, 0) is 77.4 Å². The number of rotatable bonds is 14. The van der Waals surface area contributed by atoms with Crippen molar-refractivity contribution in [3.63, 3.8) is 0 Å². The average Bonchev–Trinajstić information content (AvgIpc) is 3.04. The molecule has 2 N–H and O–H groups in total. The summed E-state index contributed by atoms with van der Waals surface area (Å²) in [6, 6.07) is 28.4. The lowest BCUT2D eigenvalue weighted by Crippen LogP contribution is -2.19. The second kappa shape index (κ2) is 15.1. The summed E-state index contributed by atoms with van der Waals surface area (Å²) >= 11 is -2.18. The van der Waals surface area contributed by atoms with Gasteiger partial charge in [-0.2, -0.15) is 8.42 Å². The van der Waals surface area contributed by atoms with Gasteiger partial charge in [0.1, 0.15) is 35.4 Å². The van der Waals surface area contributed by atoms with Gasteiger partial charge in [0.05, 0.1) is 0 Å². The third-order valence-electron chi connectivity index (χ3n) is 7.80. The van der Waals surface area contributed by atoms with Crippen molar-refractivity contribution in [1.29, 1.82) is 0 Å². The van der Waals surface area contributed by atoms with E-state index in [1.165, 1.54) is 0 Å². The number of benzene rings is 4. The van der Waals surface area contributed by atoms with Gasteiger partial charge >= 0.3 is 6.16 Å². The van der Waals surface area contributed by atoms with Crippen LogP contribution in [-0.2, 0) is 36.4 Å². The molecule has 0 heterocycles. The molecule has 13 heteroatoms. The van der Waals surface area contributed by atoms with Crippen LogP contribution in [0.5, 0.6) is 23.0 Å². The first-order valence-corrected chi connectivity index (χ1v) is 17.3. The van der Waals surface area contributed by atoms with E-state index in [1.54, 1.807) is 48.5 Å². The van der Waals surface area contributed by atoms with Crippen LogP contribution in [0.1, 0.15) is 49.9 Å². The molecule has 0 aliphatic carbocycles. The monoisotopic (exact) mass is 696 g/mol. The van der Waals surface area contributed by atoms with Crippen LogP contribution in [0.2, 0.25) is 0 Å². The smallest absolute Gasteiger partial charge is 0.492 e. The normalized spacial score (nSPS) is 12.5. The number of carbonyl (C=O) groups is 1. The summed E-state index contributed by atoms with van der Waals surface area (Å²) in [5.74, 6) is 0.989. The van der Waals surface area contributed by atoms with Crippen LogP contribution in [-0.4, -0.2) is 41.0 Å². The number of carbonyl (C=O) groups excluding carboxylic acids is 1. The predicted octanol–water partition coefficient (Wildman–Crippen LogP) is 7.19. The lowest BCUT2D eigenvalue weighted by molar-refractivity contribution is -0.123. The van der Waals surface area contributed by atoms with Gasteiger partial charge in [0.15, 0.2) is 0 Å². The van der Waals surface area contributed by atoms with Crippen molar-refractivity contribution in [2.75, 3.05) is 12.4 Å². The van der Waals surface area contributed by atoms with Gasteiger partial charge in [0.2, 0.25) is 5.09 Å². The summed E-state index contributed by atoms with van der Waals surface area (Å²) < 4.78 is 67.3. The van der Waals surface area contributed by atoms with Gasteiger partial charge in [-0.3, -0.25) is 4.55 Å². The molecule has 0 saturated heterocycles. The van der Waals surface area contributed by atoms with Crippen LogP contribution >= 0.6 is 0 Å². The predicted molar refractivity (Wildman–Crippen MR) is 180 cm³/mol. The number of hydrogen-bond acceptors (Lipinski definition) is 10. The zero-order valence-corrected chi connectivity index (χ0v) is 28.4. The fourth-order valence-corrected chi connectivity index (χ4v) is 5.35. The standard InChI is InChI=1S/C35H36O11S2/c1-24(47(38)46-37)43-30-16-8-26(9-17-30)35(4,5)28-12-20-32(21-13-28)45-33(36)44-31-18-10-27(11-19-31)34(2,3)25-6-14-29(15-7-25)42-22-23-48(39,40)41/h6-21,37H,1,22-23H2,2-5H3,(H,39,40,41). The van der Waals surface area contributed by atoms with Crippen molar-refractivity contribution in [3.05, 3.63) is 131 Å². The van der Waals surface area contributed by atoms with Crippen LogP contribution in [0.3, 0.4) is 0 Å². The van der Waals surface area contributed by atoms with E-state index in [9.17, 15) is 17.4 Å². The minimum atomic E-state index is -4.09. The molecule has 11 nitrogen and oxygen atoms in total. The van der Waals surface area contributed by atoms with Gasteiger partial charge in [0, 0.05) is 10.8 Å². The highest BCUT2D eigenvalue weighted by atomic mass is 32.2. The Balaban J connectivity index is 1.33. The molecule has 0 aliphatic rings. The molecule has 0 aromatic heterocycles. The summed E-state index contributed by atoms with van der Waals surface area (Å²) in [5, 5.41) is 8.26. The fraction of sp³-hybridized carbons (Fsp3) is 0.229. The Bertz CT molecular complexity index is 1850. The Labute approximate surface area is 282 Å². The van der Waals surface area contributed by atoms with Crippen LogP contribution in [0.15, 0.2) is 109 Å². The Hall–Kier alpha value is -4.53. The molecule has 48 heavy (non-hydrogen) atoms. The second-order valence-electron chi connectivity index (χ2n) is 11.7. The zero-order valence-electron chi connectivity index (χ0n) is 26.7. The first-order valence-electron chi connectivity index (χ1n) is 14.6. The zero-order chi connectivity index (χ0) is 35.1. The molecule has 0 spiro atoms. The van der Waals surface area contributed by atoms with Gasteiger partial charge < -0.3 is 18.9 Å². The van der Waals surface area contributed by atoms with Crippen molar-refractivity contribution in [3.8, 4) is 23.0 Å². The molecule has 1 unspecified atom stereocenters. The third-order valence-corrected chi connectivity index (χ3v) is 9.07. The SMILES string of the molecule is C=C(Oc1ccc(C(C)(C)c2ccc(OC(=O)Oc3ccc(C(C)(C)c4ccc(OCCS(=O)(=O)O)cc4)cc3)cc2)cc1)S(=O)OO. The lowest BCUT2D eigenvalue weighted by atomic mass is 9.78. The van der Waals surface area contributed by atoms with E-state index in [-0.39, 0.29) is 11.7 Å². The van der Waals surface area contributed by atoms with Gasteiger partial charge in [-0.15, -0.1) is 4.33 Å². The summed E-state index contributed by atoms with van der Waals surface area (Å²) in [6.45, 7) is 11.4. The summed E-state index contributed by atoms with van der Waals surface area (Å²) in [4.78, 5) is 12.6. The van der Waals surface area contributed by atoms with E-state index in [0.717, 1.165) is 22.3 Å². The van der Waals surface area contributed by atoms with Gasteiger partial charge in [-0.1, -0.05) is 76.2 Å². The Morgan fingerprint density at radius 1 is 0.667 bits per heavy atom. The summed E-state index contributed by atoms with van der Waals surface area (Å²) in [7, 11) is -4.09. The molecule has 0 radical (unpaired) electrons. The maximum Gasteiger partial charge on any atom is 0.519 e. The molecule has 0 amide bonds. The highest BCUT2D eigenvalue weighted by Gasteiger charge is 2.25. The first kappa shape index (κ1) is 36.3. The van der Waals surface area contributed by atoms with E-state index in [1.807, 2.05) is 76.2 Å². The minimum Gasteiger partial charge on any atom is -0.492 e. The molecule has 4 aromatic rings. The van der Waals surface area contributed by atoms with E-state index in [4.69, 9.17) is 28.8 Å². The number of hydrogen-bond donors (Lipinski definition) is 2. The molecule has 0 bridgehead atoms. The van der Waals surface area contributed by atoms with Crippen LogP contribution < -0.4 is 18.9 Å². The van der Waals surface area contributed by atoms with E-state index < -0.39 is 43.9 Å². The van der Waals surface area contributed by atoms with Crippen LogP contribution in [0.4, 0.5) is 4.79 Å². The van der Waals surface area contributed by atoms with E-state index >= 15 is 0 Å². The maximum atomic E-state index is 12.6. The Morgan fingerprint density at radius 3 is 1.33 bits per heavy atom. The summed E-state index contributed by atoms with van der Waals surface area (Å²) in [6.07, 6.45) is -0.886. The van der Waals surface area contributed by atoms with Gasteiger partial charge in [-0.25, -0.2) is 14.3 Å².